The number of nitrogens with zero attached hydrogens (tertiary/aromatic N) is 5. The summed E-state index contributed by atoms with van der Waals surface area (Å²) in [6, 6.07) is 5.72. The lowest BCUT2D eigenvalue weighted by molar-refractivity contribution is 0.101. The molecule has 3 aromatic rings. The number of halogens is 2. The number of hydrogen-bond donors (Lipinski definition) is 1. The van der Waals surface area contributed by atoms with Gasteiger partial charge in [0.25, 0.3) is 5.91 Å². The Labute approximate surface area is 135 Å². The minimum Gasteiger partial charge on any atom is -0.288 e. The van der Waals surface area contributed by atoms with Gasteiger partial charge in [-0.1, -0.05) is 17.7 Å². The molecule has 3 rings (SSSR count). The predicted octanol–water partition coefficient (Wildman–Crippen LogP) is 2.10. The molecule has 2 aromatic heterocycles. The molecule has 7 nitrogen and oxygen atoms in total. The van der Waals surface area contributed by atoms with Crippen molar-refractivity contribution in [2.24, 2.45) is 7.05 Å². The van der Waals surface area contributed by atoms with Crippen LogP contribution in [-0.2, 0) is 13.6 Å². The van der Waals surface area contributed by atoms with Crippen molar-refractivity contribution in [2.75, 3.05) is 5.32 Å². The van der Waals surface area contributed by atoms with Crippen LogP contribution < -0.4 is 5.32 Å². The maximum absolute atomic E-state index is 13.0. The van der Waals surface area contributed by atoms with Gasteiger partial charge in [0.05, 0.1) is 6.54 Å². The van der Waals surface area contributed by atoms with Crippen molar-refractivity contribution in [1.29, 1.82) is 0 Å². The molecule has 1 N–H and O–H groups in total. The van der Waals surface area contributed by atoms with Gasteiger partial charge in [-0.15, -0.1) is 5.10 Å². The van der Waals surface area contributed by atoms with Crippen LogP contribution >= 0.6 is 11.6 Å². The molecule has 0 radical (unpaired) electrons. The third-order valence-electron chi connectivity index (χ3n) is 3.16. The monoisotopic (exact) mass is 334 g/mol. The Morgan fingerprint density at radius 3 is 2.91 bits per heavy atom. The quantitative estimate of drug-likeness (QED) is 0.792. The van der Waals surface area contributed by atoms with Crippen LogP contribution in [0, 0.1) is 5.82 Å². The number of carbonyl (C=O) groups excluding carboxylic acids is 1. The van der Waals surface area contributed by atoms with Crippen molar-refractivity contribution in [3.63, 3.8) is 0 Å². The van der Waals surface area contributed by atoms with Crippen molar-refractivity contribution >= 4 is 23.5 Å². The van der Waals surface area contributed by atoms with Crippen LogP contribution in [0.4, 0.5) is 10.3 Å². The summed E-state index contributed by atoms with van der Waals surface area (Å²) < 4.78 is 16.0. The zero-order chi connectivity index (χ0) is 16.4. The molecule has 9 heteroatoms. The fourth-order valence-corrected chi connectivity index (χ4v) is 2.24. The fraction of sp³-hybridized carbons (Fsp3) is 0.143. The molecule has 0 unspecified atom stereocenters. The van der Waals surface area contributed by atoms with E-state index in [4.69, 9.17) is 11.6 Å². The lowest BCUT2D eigenvalue weighted by atomic mass is 10.2. The second-order valence-corrected chi connectivity index (χ2v) is 5.20. The second-order valence-electron chi connectivity index (χ2n) is 4.80. The largest absolute Gasteiger partial charge is 0.288 e. The van der Waals surface area contributed by atoms with E-state index in [1.54, 1.807) is 19.2 Å². The van der Waals surface area contributed by atoms with E-state index in [0.29, 0.717) is 22.8 Å². The van der Waals surface area contributed by atoms with Crippen LogP contribution in [-0.4, -0.2) is 30.5 Å². The number of aryl methyl sites for hydroxylation is 1. The van der Waals surface area contributed by atoms with E-state index >= 15 is 0 Å². The predicted molar refractivity (Wildman–Crippen MR) is 81.7 cm³/mol. The Hall–Kier alpha value is -2.74. The highest BCUT2D eigenvalue weighted by Gasteiger charge is 2.12. The number of anilines is 1. The van der Waals surface area contributed by atoms with E-state index in [-0.39, 0.29) is 11.9 Å². The molecule has 0 aliphatic rings. The Balaban J connectivity index is 1.71. The van der Waals surface area contributed by atoms with E-state index in [0.717, 1.165) is 0 Å². The summed E-state index contributed by atoms with van der Waals surface area (Å²) in [6.45, 7) is 0.313. The van der Waals surface area contributed by atoms with Crippen LogP contribution in [0.1, 0.15) is 16.1 Å². The van der Waals surface area contributed by atoms with Gasteiger partial charge in [0.15, 0.2) is 0 Å². The summed E-state index contributed by atoms with van der Waals surface area (Å²) in [7, 11) is 1.66. The molecule has 23 heavy (non-hydrogen) atoms. The average Bonchev–Trinajstić information content (AvgIpc) is 3.11. The Morgan fingerprint density at radius 1 is 1.39 bits per heavy atom. The molecule has 2 heterocycles. The first-order valence-electron chi connectivity index (χ1n) is 6.65. The van der Waals surface area contributed by atoms with Crippen LogP contribution in [0.25, 0.3) is 0 Å². The van der Waals surface area contributed by atoms with E-state index in [1.807, 2.05) is 0 Å². The molecule has 0 spiro atoms. The molecule has 0 saturated carbocycles. The van der Waals surface area contributed by atoms with Gasteiger partial charge < -0.3 is 0 Å². The molecule has 1 amide bonds. The molecule has 1 aromatic carbocycles. The highest BCUT2D eigenvalue weighted by Crippen LogP contribution is 2.18. The molecule has 0 fully saturated rings. The first kappa shape index (κ1) is 15.2. The third-order valence-corrected chi connectivity index (χ3v) is 3.51. The van der Waals surface area contributed by atoms with E-state index in [9.17, 15) is 9.18 Å². The SMILES string of the molecule is Cn1nccc1C(=O)Nc1ncn(Cc2ccc(F)cc2Cl)n1. The van der Waals surface area contributed by atoms with Crippen LogP contribution in [0.3, 0.4) is 0 Å². The molecule has 0 aliphatic heterocycles. The van der Waals surface area contributed by atoms with Gasteiger partial charge in [0.1, 0.15) is 17.8 Å². The Kier molecular flexibility index (Phi) is 4.07. The van der Waals surface area contributed by atoms with Crippen molar-refractivity contribution < 1.29 is 9.18 Å². The van der Waals surface area contributed by atoms with Gasteiger partial charge in [-0.05, 0) is 23.8 Å². The van der Waals surface area contributed by atoms with E-state index in [2.05, 4.69) is 20.5 Å². The summed E-state index contributed by atoms with van der Waals surface area (Å²) in [5.74, 6) is -0.599. The number of hydrogen-bond acceptors (Lipinski definition) is 4. The number of benzene rings is 1. The molecule has 118 valence electrons. The molecular weight excluding hydrogens is 323 g/mol. The molecule has 0 bridgehead atoms. The normalized spacial score (nSPS) is 10.7. The number of aromatic nitrogens is 5. The topological polar surface area (TPSA) is 77.6 Å². The van der Waals surface area contributed by atoms with Crippen LogP contribution in [0.5, 0.6) is 0 Å². The Bertz CT molecular complexity index is 859. The lowest BCUT2D eigenvalue weighted by Crippen LogP contribution is -2.17. The van der Waals surface area contributed by atoms with Gasteiger partial charge in [0, 0.05) is 18.3 Å². The molecule has 0 atom stereocenters. The third kappa shape index (κ3) is 3.37. The van der Waals surface area contributed by atoms with Gasteiger partial charge in [-0.25, -0.2) is 14.1 Å². The lowest BCUT2D eigenvalue weighted by Gasteiger charge is -2.04. The van der Waals surface area contributed by atoms with Crippen molar-refractivity contribution in [2.45, 2.75) is 6.54 Å². The fourth-order valence-electron chi connectivity index (χ4n) is 2.01. The van der Waals surface area contributed by atoms with Crippen molar-refractivity contribution in [1.82, 2.24) is 24.5 Å². The summed E-state index contributed by atoms with van der Waals surface area (Å²) >= 11 is 5.97. The summed E-state index contributed by atoms with van der Waals surface area (Å²) in [5, 5.41) is 10.9. The summed E-state index contributed by atoms with van der Waals surface area (Å²) in [5.41, 5.74) is 1.09. The maximum atomic E-state index is 13.0. The van der Waals surface area contributed by atoms with E-state index in [1.165, 1.54) is 34.0 Å². The zero-order valence-electron chi connectivity index (χ0n) is 12.1. The van der Waals surface area contributed by atoms with Crippen molar-refractivity contribution in [3.05, 3.63) is 58.9 Å². The molecule has 0 aliphatic carbocycles. The standard InChI is InChI=1S/C14H12ClFN6O/c1-21-12(4-5-18-21)13(23)19-14-17-8-22(20-14)7-9-2-3-10(16)6-11(9)15/h2-6,8H,7H2,1H3,(H,19,20,23). The molecular formula is C14H12ClFN6O. The van der Waals surface area contributed by atoms with Gasteiger partial charge in [0.2, 0.25) is 5.95 Å². The van der Waals surface area contributed by atoms with Crippen LogP contribution in [0.2, 0.25) is 5.02 Å². The average molecular weight is 335 g/mol. The molecule has 0 saturated heterocycles. The maximum Gasteiger partial charge on any atom is 0.276 e. The smallest absolute Gasteiger partial charge is 0.276 e. The minimum absolute atomic E-state index is 0.162. The Morgan fingerprint density at radius 2 is 2.22 bits per heavy atom. The number of carbonyl (C=O) groups is 1. The second kappa shape index (κ2) is 6.17. The highest BCUT2D eigenvalue weighted by atomic mass is 35.5. The first-order chi connectivity index (χ1) is 11.0. The minimum atomic E-state index is -0.401. The summed E-state index contributed by atoms with van der Waals surface area (Å²) in [6.07, 6.45) is 2.98. The van der Waals surface area contributed by atoms with Gasteiger partial charge in [-0.2, -0.15) is 5.10 Å². The van der Waals surface area contributed by atoms with Gasteiger partial charge >= 0.3 is 0 Å². The number of nitrogens with one attached hydrogen (secondary N) is 1. The van der Waals surface area contributed by atoms with E-state index < -0.39 is 5.82 Å². The van der Waals surface area contributed by atoms with Crippen LogP contribution in [0.15, 0.2) is 36.8 Å². The number of amides is 1. The number of rotatable bonds is 4. The first-order valence-corrected chi connectivity index (χ1v) is 7.03. The zero-order valence-corrected chi connectivity index (χ0v) is 12.8. The van der Waals surface area contributed by atoms with Gasteiger partial charge in [-0.3, -0.25) is 14.8 Å². The van der Waals surface area contributed by atoms with Crippen molar-refractivity contribution in [3.8, 4) is 0 Å². The summed E-state index contributed by atoms with van der Waals surface area (Å²) in [4.78, 5) is 16.0. The highest BCUT2D eigenvalue weighted by molar-refractivity contribution is 6.31.